The Hall–Kier alpha value is -3.72. The van der Waals surface area contributed by atoms with E-state index in [4.69, 9.17) is 19.2 Å². The maximum Gasteiger partial charge on any atom is 0.338 e. The lowest BCUT2D eigenvalue weighted by Crippen LogP contribution is -2.38. The minimum Gasteiger partial charge on any atom is -0.493 e. The monoisotopic (exact) mass is 535 g/mol. The number of ether oxygens (including phenoxy) is 3. The molecule has 9 heteroatoms. The molecule has 1 amide bonds. The Morgan fingerprint density at radius 2 is 1.87 bits per heavy atom. The average molecular weight is 536 g/mol. The minimum atomic E-state index is -0.542. The van der Waals surface area contributed by atoms with Crippen molar-refractivity contribution >= 4 is 28.8 Å². The van der Waals surface area contributed by atoms with Crippen molar-refractivity contribution in [3.05, 3.63) is 82.0 Å². The molecule has 1 atom stereocenters. The molecule has 0 aromatic heterocycles. The van der Waals surface area contributed by atoms with E-state index in [0.717, 1.165) is 16.8 Å². The summed E-state index contributed by atoms with van der Waals surface area (Å²) in [7, 11) is 3.37. The Labute approximate surface area is 228 Å². The van der Waals surface area contributed by atoms with E-state index >= 15 is 0 Å². The molecule has 2 heterocycles. The number of methoxy groups -OCH3 is 1. The minimum absolute atomic E-state index is 0.00875. The number of hydrogen-bond donors (Lipinski definition) is 0. The summed E-state index contributed by atoms with van der Waals surface area (Å²) in [5.74, 6) is 0.692. The maximum atomic E-state index is 13.2. The third kappa shape index (κ3) is 5.72. The number of hydrogen-bond acceptors (Lipinski definition) is 8. The van der Waals surface area contributed by atoms with Gasteiger partial charge >= 0.3 is 5.97 Å². The highest BCUT2D eigenvalue weighted by Crippen LogP contribution is 2.46. The van der Waals surface area contributed by atoms with Crippen molar-refractivity contribution in [1.82, 2.24) is 9.80 Å². The van der Waals surface area contributed by atoms with Crippen LogP contribution in [0.5, 0.6) is 11.5 Å². The number of aliphatic imine (C=N–C) groups is 1. The van der Waals surface area contributed by atoms with Crippen molar-refractivity contribution in [2.45, 2.75) is 39.8 Å². The van der Waals surface area contributed by atoms with Crippen LogP contribution in [0.1, 0.15) is 44.4 Å². The van der Waals surface area contributed by atoms with Crippen LogP contribution in [0.15, 0.2) is 75.9 Å². The number of thioether (sulfide) groups is 1. The first-order chi connectivity index (χ1) is 18.4. The van der Waals surface area contributed by atoms with Crippen LogP contribution >= 0.6 is 11.8 Å². The van der Waals surface area contributed by atoms with Crippen LogP contribution in [0.25, 0.3) is 0 Å². The van der Waals surface area contributed by atoms with Gasteiger partial charge < -0.3 is 24.0 Å². The van der Waals surface area contributed by atoms with Gasteiger partial charge in [-0.05, 0) is 49.4 Å². The Morgan fingerprint density at radius 1 is 1.11 bits per heavy atom. The van der Waals surface area contributed by atoms with Gasteiger partial charge in [0.05, 0.1) is 37.4 Å². The molecule has 0 spiro atoms. The molecular weight excluding hydrogens is 502 g/mol. The van der Waals surface area contributed by atoms with Gasteiger partial charge in [0.1, 0.15) is 6.61 Å². The quantitative estimate of drug-likeness (QED) is 0.383. The summed E-state index contributed by atoms with van der Waals surface area (Å²) in [6, 6.07) is 15.0. The largest absolute Gasteiger partial charge is 0.493 e. The molecule has 0 fully saturated rings. The van der Waals surface area contributed by atoms with Gasteiger partial charge in [-0.3, -0.25) is 4.79 Å². The molecule has 8 nitrogen and oxygen atoms in total. The van der Waals surface area contributed by atoms with Gasteiger partial charge in [0.25, 0.3) is 0 Å². The molecule has 0 unspecified atom stereocenters. The molecule has 4 rings (SSSR count). The summed E-state index contributed by atoms with van der Waals surface area (Å²) in [5.41, 5.74) is 3.64. The Bertz CT molecular complexity index is 1290. The number of fused-ring (bicyclic) bond motifs is 1. The lowest BCUT2D eigenvalue weighted by molar-refractivity contribution is -0.139. The molecule has 0 saturated heterocycles. The SMILES string of the molecule is CCOC(=O)C1=C(C)N=C2SC=C(CC(=O)N(C)CC)N2[C@@H]1c1ccc(OCc2ccccc2)c(OC)c1. The van der Waals surface area contributed by atoms with E-state index in [2.05, 4.69) is 0 Å². The van der Waals surface area contributed by atoms with E-state index in [1.54, 1.807) is 26.0 Å². The third-order valence-electron chi connectivity index (χ3n) is 6.47. The molecule has 2 aromatic carbocycles. The summed E-state index contributed by atoms with van der Waals surface area (Å²) >= 11 is 1.44. The number of esters is 1. The zero-order valence-corrected chi connectivity index (χ0v) is 23.2. The van der Waals surface area contributed by atoms with Crippen molar-refractivity contribution in [3.8, 4) is 11.5 Å². The van der Waals surface area contributed by atoms with E-state index < -0.39 is 12.0 Å². The first-order valence-corrected chi connectivity index (χ1v) is 13.5. The Kier molecular flexibility index (Phi) is 8.78. The van der Waals surface area contributed by atoms with Crippen molar-refractivity contribution in [2.24, 2.45) is 4.99 Å². The van der Waals surface area contributed by atoms with E-state index in [-0.39, 0.29) is 18.9 Å². The fourth-order valence-corrected chi connectivity index (χ4v) is 5.29. The highest BCUT2D eigenvalue weighted by atomic mass is 32.2. The molecule has 38 heavy (non-hydrogen) atoms. The van der Waals surface area contributed by atoms with Crippen molar-refractivity contribution in [2.75, 3.05) is 27.3 Å². The number of carbonyl (C=O) groups excluding carboxylic acids is 2. The van der Waals surface area contributed by atoms with Gasteiger partial charge in [-0.2, -0.15) is 0 Å². The Balaban J connectivity index is 1.72. The van der Waals surface area contributed by atoms with Gasteiger partial charge in [0.2, 0.25) is 5.91 Å². The van der Waals surface area contributed by atoms with Crippen LogP contribution in [0.4, 0.5) is 0 Å². The fourth-order valence-electron chi connectivity index (χ4n) is 4.33. The van der Waals surface area contributed by atoms with Gasteiger partial charge in [-0.15, -0.1) is 0 Å². The zero-order valence-electron chi connectivity index (χ0n) is 22.4. The van der Waals surface area contributed by atoms with E-state index in [1.807, 2.05) is 72.7 Å². The van der Waals surface area contributed by atoms with Crippen LogP contribution in [0.3, 0.4) is 0 Å². The number of benzene rings is 2. The Morgan fingerprint density at radius 3 is 2.55 bits per heavy atom. The predicted octanol–water partition coefficient (Wildman–Crippen LogP) is 5.28. The molecule has 2 aliphatic rings. The molecule has 0 saturated carbocycles. The predicted molar refractivity (Wildman–Crippen MR) is 149 cm³/mol. The molecule has 0 bridgehead atoms. The molecule has 200 valence electrons. The second-order valence-electron chi connectivity index (χ2n) is 8.88. The van der Waals surface area contributed by atoms with Crippen LogP contribution in [0.2, 0.25) is 0 Å². The molecule has 2 aliphatic heterocycles. The van der Waals surface area contributed by atoms with Gasteiger partial charge in [0.15, 0.2) is 16.7 Å². The molecule has 0 aliphatic carbocycles. The maximum absolute atomic E-state index is 13.2. The zero-order chi connectivity index (χ0) is 27.2. The van der Waals surface area contributed by atoms with Crippen LogP contribution in [-0.2, 0) is 20.9 Å². The van der Waals surface area contributed by atoms with Crippen molar-refractivity contribution < 1.29 is 23.8 Å². The highest BCUT2D eigenvalue weighted by molar-refractivity contribution is 8.16. The first-order valence-electron chi connectivity index (χ1n) is 12.6. The van der Waals surface area contributed by atoms with Gasteiger partial charge in [0, 0.05) is 19.3 Å². The standard InChI is InChI=1S/C29H33N3O5S/c1-6-31(4)25(33)16-22-18-38-29-30-19(3)26(28(34)36-7-2)27(32(22)29)21-13-14-23(24(15-21)35-5)37-17-20-11-9-8-10-12-20/h8-15,18,27H,6-7,16-17H2,1-5H3/t27-/m1/s1. The third-order valence-corrected chi connectivity index (χ3v) is 7.36. The van der Waals surface area contributed by atoms with Crippen molar-refractivity contribution in [3.63, 3.8) is 0 Å². The summed E-state index contributed by atoms with van der Waals surface area (Å²) in [6.45, 7) is 6.77. The number of amidine groups is 1. The van der Waals surface area contributed by atoms with E-state index in [0.29, 0.717) is 41.1 Å². The molecular formula is C29H33N3O5S. The highest BCUT2D eigenvalue weighted by Gasteiger charge is 2.41. The number of allylic oxidation sites excluding steroid dienone is 1. The van der Waals surface area contributed by atoms with E-state index in [1.165, 1.54) is 11.8 Å². The number of rotatable bonds is 10. The number of carbonyl (C=O) groups is 2. The second-order valence-corrected chi connectivity index (χ2v) is 9.72. The topological polar surface area (TPSA) is 80.7 Å². The van der Waals surface area contributed by atoms with Crippen molar-refractivity contribution in [1.29, 1.82) is 0 Å². The lowest BCUT2D eigenvalue weighted by Gasteiger charge is -2.36. The summed E-state index contributed by atoms with van der Waals surface area (Å²) in [5, 5.41) is 2.65. The van der Waals surface area contributed by atoms with Crippen LogP contribution in [0, 0.1) is 0 Å². The molecule has 2 aromatic rings. The summed E-state index contributed by atoms with van der Waals surface area (Å²) < 4.78 is 17.2. The first kappa shape index (κ1) is 27.3. The van der Waals surface area contributed by atoms with Gasteiger partial charge in [-0.1, -0.05) is 48.2 Å². The number of nitrogens with zero attached hydrogens (tertiary/aromatic N) is 3. The van der Waals surface area contributed by atoms with Crippen LogP contribution in [-0.4, -0.2) is 54.2 Å². The average Bonchev–Trinajstić information content (AvgIpc) is 3.32. The molecule has 0 radical (unpaired) electrons. The molecule has 0 N–H and O–H groups in total. The fraction of sp³-hybridized carbons (Fsp3) is 0.345. The lowest BCUT2D eigenvalue weighted by atomic mass is 9.93. The number of amides is 1. The van der Waals surface area contributed by atoms with E-state index in [9.17, 15) is 9.59 Å². The van der Waals surface area contributed by atoms with Gasteiger partial charge in [-0.25, -0.2) is 9.79 Å². The normalized spacial score (nSPS) is 16.4. The second kappa shape index (κ2) is 12.2. The summed E-state index contributed by atoms with van der Waals surface area (Å²) in [4.78, 5) is 34.4. The summed E-state index contributed by atoms with van der Waals surface area (Å²) in [6.07, 6.45) is 0.192. The smallest absolute Gasteiger partial charge is 0.338 e. The van der Waals surface area contributed by atoms with Crippen LogP contribution < -0.4 is 9.47 Å².